The number of hydrogen-bond donors (Lipinski definition) is 2. The van der Waals surface area contributed by atoms with Crippen molar-refractivity contribution in [2.24, 2.45) is 0 Å². The van der Waals surface area contributed by atoms with Gasteiger partial charge in [0.1, 0.15) is 6.10 Å². The number of ether oxygens (including phenoxy) is 1. The van der Waals surface area contributed by atoms with E-state index in [4.69, 9.17) is 4.74 Å². The topological polar surface area (TPSA) is 50.4 Å². The zero-order chi connectivity index (χ0) is 8.81. The van der Waals surface area contributed by atoms with Crippen LogP contribution in [0.25, 0.3) is 0 Å². The molecule has 0 bridgehead atoms. The van der Waals surface area contributed by atoms with Gasteiger partial charge in [-0.3, -0.25) is 0 Å². The molecular formula is C8H16N2O2. The van der Waals surface area contributed by atoms with E-state index in [1.165, 1.54) is 0 Å². The third-order valence-electron chi connectivity index (χ3n) is 1.85. The van der Waals surface area contributed by atoms with Crippen LogP contribution < -0.4 is 10.6 Å². The normalized spacial score (nSPS) is 23.2. The van der Waals surface area contributed by atoms with E-state index in [0.717, 1.165) is 25.9 Å². The minimum Gasteiger partial charge on any atom is -0.445 e. The Kier molecular flexibility index (Phi) is 3.87. The molecule has 12 heavy (non-hydrogen) atoms. The van der Waals surface area contributed by atoms with Crippen LogP contribution in [-0.4, -0.2) is 31.8 Å². The van der Waals surface area contributed by atoms with Gasteiger partial charge < -0.3 is 15.4 Å². The van der Waals surface area contributed by atoms with Gasteiger partial charge in [0.2, 0.25) is 0 Å². The first-order valence-corrected chi connectivity index (χ1v) is 4.48. The number of carbonyl (C=O) groups excluding carboxylic acids is 1. The summed E-state index contributed by atoms with van der Waals surface area (Å²) in [5.74, 6) is 0. The lowest BCUT2D eigenvalue weighted by Crippen LogP contribution is -2.39. The molecule has 0 spiro atoms. The predicted octanol–water partition coefficient (Wildman–Crippen LogP) is 0.484. The molecule has 70 valence electrons. The van der Waals surface area contributed by atoms with Crippen LogP contribution in [0.4, 0.5) is 4.79 Å². The zero-order valence-corrected chi connectivity index (χ0v) is 7.43. The molecule has 1 aliphatic heterocycles. The predicted molar refractivity (Wildman–Crippen MR) is 46.0 cm³/mol. The van der Waals surface area contributed by atoms with E-state index in [2.05, 4.69) is 10.6 Å². The highest BCUT2D eigenvalue weighted by Crippen LogP contribution is 2.05. The Morgan fingerprint density at radius 1 is 1.75 bits per heavy atom. The number of carbonyl (C=O) groups is 1. The van der Waals surface area contributed by atoms with Crippen LogP contribution in [0.5, 0.6) is 0 Å². The van der Waals surface area contributed by atoms with Gasteiger partial charge in [-0.15, -0.1) is 0 Å². The highest BCUT2D eigenvalue weighted by Gasteiger charge is 2.16. The largest absolute Gasteiger partial charge is 0.445 e. The Morgan fingerprint density at radius 3 is 3.17 bits per heavy atom. The Balaban J connectivity index is 2.15. The second-order valence-electron chi connectivity index (χ2n) is 2.90. The average molecular weight is 172 g/mol. The first-order chi connectivity index (χ1) is 5.83. The standard InChI is InChI=1S/C8H16N2O2/c1-2-10-8(11)12-7-4-3-5-9-6-7/h7,9H,2-6H2,1H3,(H,10,11)/t7-/m0/s1. The van der Waals surface area contributed by atoms with E-state index in [1.54, 1.807) is 0 Å². The van der Waals surface area contributed by atoms with E-state index in [0.29, 0.717) is 6.54 Å². The van der Waals surface area contributed by atoms with Crippen molar-refractivity contribution in [1.29, 1.82) is 0 Å². The lowest BCUT2D eigenvalue weighted by molar-refractivity contribution is 0.0829. The SMILES string of the molecule is CCNC(=O)O[C@H]1CCCNC1. The summed E-state index contributed by atoms with van der Waals surface area (Å²) < 4.78 is 5.12. The average Bonchev–Trinajstić information content (AvgIpc) is 2.06. The highest BCUT2D eigenvalue weighted by molar-refractivity contribution is 5.67. The molecule has 1 fully saturated rings. The summed E-state index contributed by atoms with van der Waals surface area (Å²) in [7, 11) is 0. The zero-order valence-electron chi connectivity index (χ0n) is 7.43. The van der Waals surface area contributed by atoms with E-state index in [1.807, 2.05) is 6.92 Å². The molecule has 1 heterocycles. The quantitative estimate of drug-likeness (QED) is 0.637. The van der Waals surface area contributed by atoms with Crippen molar-refractivity contribution in [3.05, 3.63) is 0 Å². The summed E-state index contributed by atoms with van der Waals surface area (Å²) in [5.41, 5.74) is 0. The summed E-state index contributed by atoms with van der Waals surface area (Å²) in [4.78, 5) is 11.0. The van der Waals surface area contributed by atoms with Crippen LogP contribution in [0, 0.1) is 0 Å². The Hall–Kier alpha value is -0.770. The van der Waals surface area contributed by atoms with Crippen molar-refractivity contribution >= 4 is 6.09 Å². The van der Waals surface area contributed by atoms with Crippen molar-refractivity contribution in [2.75, 3.05) is 19.6 Å². The molecule has 1 amide bonds. The molecule has 4 heteroatoms. The first kappa shape index (κ1) is 9.32. The fraction of sp³-hybridized carbons (Fsp3) is 0.875. The van der Waals surface area contributed by atoms with Gasteiger partial charge in [0, 0.05) is 13.1 Å². The summed E-state index contributed by atoms with van der Waals surface area (Å²) >= 11 is 0. The molecule has 0 unspecified atom stereocenters. The molecule has 1 saturated heterocycles. The van der Waals surface area contributed by atoms with Gasteiger partial charge >= 0.3 is 6.09 Å². The smallest absolute Gasteiger partial charge is 0.407 e. The molecule has 4 nitrogen and oxygen atoms in total. The number of rotatable bonds is 2. The maximum Gasteiger partial charge on any atom is 0.407 e. The molecule has 0 aromatic rings. The monoisotopic (exact) mass is 172 g/mol. The molecular weight excluding hydrogens is 156 g/mol. The van der Waals surface area contributed by atoms with Crippen molar-refractivity contribution in [1.82, 2.24) is 10.6 Å². The second-order valence-corrected chi connectivity index (χ2v) is 2.90. The number of hydrogen-bond acceptors (Lipinski definition) is 3. The number of amides is 1. The molecule has 0 aromatic carbocycles. The van der Waals surface area contributed by atoms with Crippen LogP contribution in [0.3, 0.4) is 0 Å². The molecule has 0 aromatic heterocycles. The van der Waals surface area contributed by atoms with Gasteiger partial charge in [-0.1, -0.05) is 0 Å². The fourth-order valence-corrected chi connectivity index (χ4v) is 1.26. The number of alkyl carbamates (subject to hydrolysis) is 1. The van der Waals surface area contributed by atoms with E-state index < -0.39 is 0 Å². The maximum absolute atomic E-state index is 11.0. The molecule has 1 rings (SSSR count). The van der Waals surface area contributed by atoms with Gasteiger partial charge in [-0.05, 0) is 26.3 Å². The third kappa shape index (κ3) is 3.09. The third-order valence-corrected chi connectivity index (χ3v) is 1.85. The molecule has 0 aliphatic carbocycles. The maximum atomic E-state index is 11.0. The fourth-order valence-electron chi connectivity index (χ4n) is 1.26. The van der Waals surface area contributed by atoms with E-state index >= 15 is 0 Å². The Morgan fingerprint density at radius 2 is 2.58 bits per heavy atom. The van der Waals surface area contributed by atoms with Crippen molar-refractivity contribution in [2.45, 2.75) is 25.9 Å². The van der Waals surface area contributed by atoms with Crippen LogP contribution >= 0.6 is 0 Å². The molecule has 0 saturated carbocycles. The van der Waals surface area contributed by atoms with Crippen molar-refractivity contribution in [3.63, 3.8) is 0 Å². The van der Waals surface area contributed by atoms with E-state index in [9.17, 15) is 4.79 Å². The van der Waals surface area contributed by atoms with Crippen LogP contribution in [0.15, 0.2) is 0 Å². The summed E-state index contributed by atoms with van der Waals surface area (Å²) in [5, 5.41) is 5.78. The van der Waals surface area contributed by atoms with Crippen molar-refractivity contribution in [3.8, 4) is 0 Å². The lowest BCUT2D eigenvalue weighted by Gasteiger charge is -2.22. The minimum atomic E-state index is -0.300. The van der Waals surface area contributed by atoms with Gasteiger partial charge in [0.05, 0.1) is 0 Å². The van der Waals surface area contributed by atoms with Crippen molar-refractivity contribution < 1.29 is 9.53 Å². The summed E-state index contributed by atoms with van der Waals surface area (Å²) in [6.45, 7) is 4.33. The van der Waals surface area contributed by atoms with Crippen LogP contribution in [-0.2, 0) is 4.74 Å². The van der Waals surface area contributed by atoms with Gasteiger partial charge in [-0.2, -0.15) is 0 Å². The minimum absolute atomic E-state index is 0.0605. The molecule has 1 atom stereocenters. The lowest BCUT2D eigenvalue weighted by atomic mass is 10.1. The number of piperidine rings is 1. The van der Waals surface area contributed by atoms with Gasteiger partial charge in [-0.25, -0.2) is 4.79 Å². The van der Waals surface area contributed by atoms with Gasteiger partial charge in [0.15, 0.2) is 0 Å². The molecule has 1 aliphatic rings. The van der Waals surface area contributed by atoms with Crippen LogP contribution in [0.2, 0.25) is 0 Å². The molecule has 0 radical (unpaired) electrons. The molecule has 2 N–H and O–H groups in total. The van der Waals surface area contributed by atoms with Crippen LogP contribution in [0.1, 0.15) is 19.8 Å². The highest BCUT2D eigenvalue weighted by atomic mass is 16.6. The Bertz CT molecular complexity index is 144. The summed E-state index contributed by atoms with van der Waals surface area (Å²) in [6, 6.07) is 0. The Labute approximate surface area is 72.7 Å². The number of nitrogens with one attached hydrogen (secondary N) is 2. The summed E-state index contributed by atoms with van der Waals surface area (Å²) in [6.07, 6.45) is 1.82. The van der Waals surface area contributed by atoms with E-state index in [-0.39, 0.29) is 12.2 Å². The first-order valence-electron chi connectivity index (χ1n) is 4.48. The van der Waals surface area contributed by atoms with Gasteiger partial charge in [0.25, 0.3) is 0 Å². The second kappa shape index (κ2) is 4.98.